The van der Waals surface area contributed by atoms with E-state index in [1.165, 1.54) is 6.33 Å². The molecule has 0 aliphatic carbocycles. The molecule has 0 fully saturated rings. The van der Waals surface area contributed by atoms with E-state index in [1.54, 1.807) is 20.4 Å². The van der Waals surface area contributed by atoms with Crippen LogP contribution in [0.1, 0.15) is 5.56 Å². The fourth-order valence-corrected chi connectivity index (χ4v) is 1.98. The maximum Gasteiger partial charge on any atom is 0.225 e. The second-order valence-corrected chi connectivity index (χ2v) is 4.32. The molecular weight excluding hydrogens is 312 g/mol. The fraction of sp³-hybridized carbons (Fsp3) is 0.250. The highest BCUT2D eigenvalue weighted by Crippen LogP contribution is 2.26. The Morgan fingerprint density at radius 1 is 1.16 bits per heavy atom. The summed E-state index contributed by atoms with van der Waals surface area (Å²) >= 11 is 3.37. The quantitative estimate of drug-likeness (QED) is 0.851. The number of nitrogens with zero attached hydrogens (tertiary/aromatic N) is 3. The second-order valence-electron chi connectivity index (χ2n) is 3.57. The average molecular weight is 325 g/mol. The van der Waals surface area contributed by atoms with Gasteiger partial charge in [0, 0.05) is 6.20 Å². The van der Waals surface area contributed by atoms with E-state index in [1.807, 2.05) is 12.1 Å². The summed E-state index contributed by atoms with van der Waals surface area (Å²) in [7, 11) is 3.12. The number of halogens is 1. The van der Waals surface area contributed by atoms with E-state index >= 15 is 0 Å². The molecule has 7 heteroatoms. The predicted octanol–water partition coefficient (Wildman–Crippen LogP) is 2.26. The Kier molecular flexibility index (Phi) is 4.51. The fourth-order valence-electron chi connectivity index (χ4n) is 1.59. The molecule has 0 aromatic carbocycles. The standard InChI is InChI=1S/C12H13BrN4O2/c1-18-11-8(12(19-2)17-7-16-11)6-15-9-4-3-5-14-10(9)13/h3-5,7,15H,6H2,1-2H3. The van der Waals surface area contributed by atoms with Crippen molar-refractivity contribution in [1.82, 2.24) is 15.0 Å². The Labute approximate surface area is 119 Å². The average Bonchev–Trinajstić information content (AvgIpc) is 2.46. The van der Waals surface area contributed by atoms with Crippen LogP contribution in [0.5, 0.6) is 11.8 Å². The molecule has 1 N–H and O–H groups in total. The minimum Gasteiger partial charge on any atom is -0.481 e. The van der Waals surface area contributed by atoms with Crippen molar-refractivity contribution < 1.29 is 9.47 Å². The van der Waals surface area contributed by atoms with Crippen LogP contribution in [0.4, 0.5) is 5.69 Å². The highest BCUT2D eigenvalue weighted by Gasteiger charge is 2.13. The van der Waals surface area contributed by atoms with Gasteiger partial charge in [0.05, 0.1) is 32.0 Å². The first-order valence-corrected chi connectivity index (χ1v) is 6.31. The van der Waals surface area contributed by atoms with Gasteiger partial charge < -0.3 is 14.8 Å². The van der Waals surface area contributed by atoms with Crippen molar-refractivity contribution in [2.75, 3.05) is 19.5 Å². The third kappa shape index (κ3) is 3.11. The Balaban J connectivity index is 2.21. The van der Waals surface area contributed by atoms with E-state index in [2.05, 4.69) is 36.2 Å². The topological polar surface area (TPSA) is 69.2 Å². The summed E-state index contributed by atoms with van der Waals surface area (Å²) in [5.41, 5.74) is 1.62. The van der Waals surface area contributed by atoms with Gasteiger partial charge in [0.1, 0.15) is 10.9 Å². The van der Waals surface area contributed by atoms with Crippen LogP contribution in [0.15, 0.2) is 29.3 Å². The number of nitrogens with one attached hydrogen (secondary N) is 1. The third-order valence-corrected chi connectivity index (χ3v) is 3.10. The predicted molar refractivity (Wildman–Crippen MR) is 74.4 cm³/mol. The maximum atomic E-state index is 5.21. The molecule has 100 valence electrons. The number of hydrogen-bond donors (Lipinski definition) is 1. The molecule has 2 aromatic heterocycles. The lowest BCUT2D eigenvalue weighted by molar-refractivity contribution is 0.363. The van der Waals surface area contributed by atoms with Crippen molar-refractivity contribution in [2.45, 2.75) is 6.54 Å². The Morgan fingerprint density at radius 2 is 1.84 bits per heavy atom. The molecule has 0 radical (unpaired) electrons. The molecule has 0 amide bonds. The highest BCUT2D eigenvalue weighted by molar-refractivity contribution is 9.10. The van der Waals surface area contributed by atoms with Gasteiger partial charge in [-0.3, -0.25) is 0 Å². The normalized spacial score (nSPS) is 10.1. The summed E-state index contributed by atoms with van der Waals surface area (Å²) in [6, 6.07) is 3.77. The molecule has 19 heavy (non-hydrogen) atoms. The van der Waals surface area contributed by atoms with Gasteiger partial charge in [0.15, 0.2) is 0 Å². The van der Waals surface area contributed by atoms with Crippen LogP contribution in [-0.4, -0.2) is 29.2 Å². The summed E-state index contributed by atoms with van der Waals surface area (Å²) in [6.07, 6.45) is 3.11. The Bertz CT molecular complexity index is 543. The minimum atomic E-state index is 0.470. The summed E-state index contributed by atoms with van der Waals surface area (Å²) in [5.74, 6) is 0.971. The number of anilines is 1. The lowest BCUT2D eigenvalue weighted by Crippen LogP contribution is -2.07. The zero-order valence-electron chi connectivity index (χ0n) is 10.6. The summed E-state index contributed by atoms with van der Waals surface area (Å²) in [5, 5.41) is 3.23. The first-order chi connectivity index (χ1) is 9.26. The third-order valence-electron chi connectivity index (χ3n) is 2.47. The van der Waals surface area contributed by atoms with Crippen molar-refractivity contribution in [3.8, 4) is 11.8 Å². The van der Waals surface area contributed by atoms with Gasteiger partial charge >= 0.3 is 0 Å². The van der Waals surface area contributed by atoms with Crippen LogP contribution in [0, 0.1) is 0 Å². The molecule has 0 saturated carbocycles. The smallest absolute Gasteiger partial charge is 0.225 e. The maximum absolute atomic E-state index is 5.21. The molecule has 0 saturated heterocycles. The first kappa shape index (κ1) is 13.5. The minimum absolute atomic E-state index is 0.470. The number of pyridine rings is 1. The molecule has 0 bridgehead atoms. The molecule has 0 spiro atoms. The summed E-state index contributed by atoms with van der Waals surface area (Å²) in [6.45, 7) is 0.470. The molecule has 0 aliphatic rings. The molecule has 0 atom stereocenters. The van der Waals surface area contributed by atoms with E-state index in [0.717, 1.165) is 15.9 Å². The zero-order valence-corrected chi connectivity index (χ0v) is 12.1. The zero-order chi connectivity index (χ0) is 13.7. The lowest BCUT2D eigenvalue weighted by atomic mass is 10.3. The van der Waals surface area contributed by atoms with E-state index < -0.39 is 0 Å². The monoisotopic (exact) mass is 324 g/mol. The van der Waals surface area contributed by atoms with Gasteiger partial charge in [-0.05, 0) is 28.1 Å². The van der Waals surface area contributed by atoms with Crippen molar-refractivity contribution in [3.63, 3.8) is 0 Å². The number of ether oxygens (including phenoxy) is 2. The second kappa shape index (κ2) is 6.33. The van der Waals surface area contributed by atoms with Gasteiger partial charge in [-0.1, -0.05) is 0 Å². The van der Waals surface area contributed by atoms with Crippen molar-refractivity contribution in [3.05, 3.63) is 34.8 Å². The van der Waals surface area contributed by atoms with Crippen LogP contribution < -0.4 is 14.8 Å². The number of methoxy groups -OCH3 is 2. The van der Waals surface area contributed by atoms with Crippen LogP contribution >= 0.6 is 15.9 Å². The molecule has 6 nitrogen and oxygen atoms in total. The first-order valence-electron chi connectivity index (χ1n) is 5.52. The Morgan fingerprint density at radius 3 is 2.42 bits per heavy atom. The van der Waals surface area contributed by atoms with E-state index in [4.69, 9.17) is 9.47 Å². The van der Waals surface area contributed by atoms with Crippen LogP contribution in [-0.2, 0) is 6.54 Å². The SMILES string of the molecule is COc1ncnc(OC)c1CNc1cccnc1Br. The molecule has 0 aliphatic heterocycles. The van der Waals surface area contributed by atoms with E-state index in [-0.39, 0.29) is 0 Å². The van der Waals surface area contributed by atoms with E-state index in [0.29, 0.717) is 18.3 Å². The number of aromatic nitrogens is 3. The Hall–Kier alpha value is -1.89. The molecular formula is C12H13BrN4O2. The molecule has 2 aromatic rings. The largest absolute Gasteiger partial charge is 0.481 e. The van der Waals surface area contributed by atoms with Crippen molar-refractivity contribution >= 4 is 21.6 Å². The van der Waals surface area contributed by atoms with Crippen molar-refractivity contribution in [2.24, 2.45) is 0 Å². The number of rotatable bonds is 5. The molecule has 2 heterocycles. The van der Waals surface area contributed by atoms with Gasteiger partial charge in [0.2, 0.25) is 11.8 Å². The van der Waals surface area contributed by atoms with Gasteiger partial charge in [-0.25, -0.2) is 15.0 Å². The van der Waals surface area contributed by atoms with Crippen LogP contribution in [0.3, 0.4) is 0 Å². The lowest BCUT2D eigenvalue weighted by Gasteiger charge is -2.12. The summed E-state index contributed by atoms with van der Waals surface area (Å²) in [4.78, 5) is 12.3. The van der Waals surface area contributed by atoms with Crippen LogP contribution in [0.25, 0.3) is 0 Å². The molecule has 2 rings (SSSR count). The van der Waals surface area contributed by atoms with Crippen molar-refractivity contribution in [1.29, 1.82) is 0 Å². The van der Waals surface area contributed by atoms with Gasteiger partial charge in [0.25, 0.3) is 0 Å². The van der Waals surface area contributed by atoms with Crippen LogP contribution in [0.2, 0.25) is 0 Å². The molecule has 0 unspecified atom stereocenters. The number of hydrogen-bond acceptors (Lipinski definition) is 6. The van der Waals surface area contributed by atoms with E-state index in [9.17, 15) is 0 Å². The summed E-state index contributed by atoms with van der Waals surface area (Å²) < 4.78 is 11.2. The highest BCUT2D eigenvalue weighted by atomic mass is 79.9. The van der Waals surface area contributed by atoms with Gasteiger partial charge in [-0.15, -0.1) is 0 Å². The van der Waals surface area contributed by atoms with Gasteiger partial charge in [-0.2, -0.15) is 0 Å².